The van der Waals surface area contributed by atoms with E-state index in [2.05, 4.69) is 19.6 Å². The lowest BCUT2D eigenvalue weighted by Gasteiger charge is -2.31. The number of carbonyl (C=O) groups excluding carboxylic acids is 1. The van der Waals surface area contributed by atoms with Crippen LogP contribution in [0, 0.1) is 5.92 Å². The molecule has 1 saturated heterocycles. The van der Waals surface area contributed by atoms with Crippen molar-refractivity contribution >= 4 is 22.6 Å². The molecule has 6 heteroatoms. The van der Waals surface area contributed by atoms with E-state index in [0.29, 0.717) is 0 Å². The van der Waals surface area contributed by atoms with Crippen molar-refractivity contribution < 1.29 is 4.79 Å². The van der Waals surface area contributed by atoms with Gasteiger partial charge in [0.2, 0.25) is 11.0 Å². The standard InChI is InChI=1S/C15H18N4OS/c1-16-14(20)12-8-5-9-19(10-12)15-17-13(18-21-15)11-6-3-2-4-7-11/h2-4,6-7,12H,5,8-10H2,1H3,(H,16,20). The second-order valence-electron chi connectivity index (χ2n) is 5.17. The Hall–Kier alpha value is -1.95. The molecule has 0 spiro atoms. The summed E-state index contributed by atoms with van der Waals surface area (Å²) < 4.78 is 4.44. The Morgan fingerprint density at radius 2 is 2.19 bits per heavy atom. The number of nitrogens with one attached hydrogen (secondary N) is 1. The molecular weight excluding hydrogens is 284 g/mol. The lowest BCUT2D eigenvalue weighted by Crippen LogP contribution is -2.42. The number of hydrogen-bond acceptors (Lipinski definition) is 5. The summed E-state index contributed by atoms with van der Waals surface area (Å²) in [5.41, 5.74) is 1.03. The molecule has 0 radical (unpaired) electrons. The molecule has 3 rings (SSSR count). The minimum absolute atomic E-state index is 0.0489. The van der Waals surface area contributed by atoms with E-state index < -0.39 is 0 Å². The van der Waals surface area contributed by atoms with E-state index in [9.17, 15) is 4.79 Å². The molecule has 1 aliphatic heterocycles. The molecule has 1 aliphatic rings. The van der Waals surface area contributed by atoms with Gasteiger partial charge in [0, 0.05) is 37.2 Å². The highest BCUT2D eigenvalue weighted by Gasteiger charge is 2.26. The summed E-state index contributed by atoms with van der Waals surface area (Å²) in [6.07, 6.45) is 1.96. The average Bonchev–Trinajstić information content (AvgIpc) is 3.05. The van der Waals surface area contributed by atoms with Gasteiger partial charge in [-0.1, -0.05) is 30.3 Å². The monoisotopic (exact) mass is 302 g/mol. The molecule has 5 nitrogen and oxygen atoms in total. The summed E-state index contributed by atoms with van der Waals surface area (Å²) in [4.78, 5) is 18.6. The normalized spacial score (nSPS) is 18.5. The van der Waals surface area contributed by atoms with E-state index >= 15 is 0 Å². The third-order valence-electron chi connectivity index (χ3n) is 3.76. The largest absolute Gasteiger partial charge is 0.359 e. The molecular formula is C15H18N4OS. The summed E-state index contributed by atoms with van der Waals surface area (Å²) in [6.45, 7) is 1.67. The molecule has 21 heavy (non-hydrogen) atoms. The highest BCUT2D eigenvalue weighted by Crippen LogP contribution is 2.27. The van der Waals surface area contributed by atoms with E-state index in [1.54, 1.807) is 7.05 Å². The van der Waals surface area contributed by atoms with Crippen LogP contribution in [0.4, 0.5) is 5.13 Å². The molecule has 1 aromatic carbocycles. The lowest BCUT2D eigenvalue weighted by molar-refractivity contribution is -0.124. The molecule has 2 heterocycles. The summed E-state index contributed by atoms with van der Waals surface area (Å²) in [7, 11) is 1.69. The molecule has 0 saturated carbocycles. The van der Waals surface area contributed by atoms with E-state index in [4.69, 9.17) is 0 Å². The van der Waals surface area contributed by atoms with Gasteiger partial charge >= 0.3 is 0 Å². The van der Waals surface area contributed by atoms with Gasteiger partial charge < -0.3 is 10.2 Å². The summed E-state index contributed by atoms with van der Waals surface area (Å²) in [5, 5.41) is 3.64. The topological polar surface area (TPSA) is 58.1 Å². The molecule has 1 fully saturated rings. The first-order valence-corrected chi connectivity index (χ1v) is 7.91. The minimum atomic E-state index is 0.0489. The van der Waals surface area contributed by atoms with Crippen molar-refractivity contribution in [2.75, 3.05) is 25.0 Å². The quantitative estimate of drug-likeness (QED) is 0.944. The third-order valence-corrected chi connectivity index (χ3v) is 4.53. The van der Waals surface area contributed by atoms with E-state index in [-0.39, 0.29) is 11.8 Å². The van der Waals surface area contributed by atoms with Crippen LogP contribution >= 0.6 is 11.5 Å². The van der Waals surface area contributed by atoms with Gasteiger partial charge in [-0.3, -0.25) is 4.79 Å². The van der Waals surface area contributed by atoms with Crippen LogP contribution in [0.5, 0.6) is 0 Å². The zero-order chi connectivity index (χ0) is 14.7. The van der Waals surface area contributed by atoms with Crippen molar-refractivity contribution in [2.45, 2.75) is 12.8 Å². The van der Waals surface area contributed by atoms with Gasteiger partial charge in [-0.2, -0.15) is 9.36 Å². The van der Waals surface area contributed by atoms with Crippen molar-refractivity contribution in [3.63, 3.8) is 0 Å². The van der Waals surface area contributed by atoms with E-state index in [1.165, 1.54) is 11.5 Å². The summed E-state index contributed by atoms with van der Waals surface area (Å²) in [5.74, 6) is 0.929. The fourth-order valence-electron chi connectivity index (χ4n) is 2.62. The number of benzene rings is 1. The van der Waals surface area contributed by atoms with Crippen LogP contribution in [-0.2, 0) is 4.79 Å². The van der Waals surface area contributed by atoms with Gasteiger partial charge in [-0.25, -0.2) is 0 Å². The van der Waals surface area contributed by atoms with Crippen LogP contribution in [-0.4, -0.2) is 35.4 Å². The number of hydrogen-bond donors (Lipinski definition) is 1. The number of carbonyl (C=O) groups is 1. The predicted octanol–water partition coefficient (Wildman–Crippen LogP) is 2.17. The van der Waals surface area contributed by atoms with E-state index in [0.717, 1.165) is 42.5 Å². The molecule has 0 aliphatic carbocycles. The first-order valence-electron chi connectivity index (χ1n) is 7.13. The van der Waals surface area contributed by atoms with Crippen molar-refractivity contribution in [1.82, 2.24) is 14.7 Å². The maximum Gasteiger partial charge on any atom is 0.224 e. The zero-order valence-electron chi connectivity index (χ0n) is 12.0. The summed E-state index contributed by atoms with van der Waals surface area (Å²) >= 11 is 1.41. The first kappa shape index (κ1) is 14.0. The number of piperidine rings is 1. The van der Waals surface area contributed by atoms with Crippen LogP contribution in [0.2, 0.25) is 0 Å². The number of rotatable bonds is 3. The maximum atomic E-state index is 11.8. The molecule has 2 aromatic rings. The highest BCUT2D eigenvalue weighted by atomic mass is 32.1. The van der Waals surface area contributed by atoms with Crippen molar-refractivity contribution in [3.05, 3.63) is 30.3 Å². The number of nitrogens with zero attached hydrogens (tertiary/aromatic N) is 3. The second kappa shape index (κ2) is 6.22. The fraction of sp³-hybridized carbons (Fsp3) is 0.400. The molecule has 1 amide bonds. The Labute approximate surface area is 128 Å². The molecule has 1 atom stereocenters. The summed E-state index contributed by atoms with van der Waals surface area (Å²) in [6, 6.07) is 9.97. The predicted molar refractivity (Wildman–Crippen MR) is 84.3 cm³/mol. The Morgan fingerprint density at radius 1 is 1.38 bits per heavy atom. The SMILES string of the molecule is CNC(=O)C1CCCN(c2nc(-c3ccccc3)ns2)C1. The van der Waals surface area contributed by atoms with Gasteiger partial charge in [-0.05, 0) is 12.8 Å². The zero-order valence-corrected chi connectivity index (χ0v) is 12.8. The van der Waals surface area contributed by atoms with Gasteiger partial charge in [0.1, 0.15) is 0 Å². The van der Waals surface area contributed by atoms with Gasteiger partial charge in [0.25, 0.3) is 0 Å². The molecule has 0 bridgehead atoms. The lowest BCUT2D eigenvalue weighted by atomic mass is 9.98. The highest BCUT2D eigenvalue weighted by molar-refractivity contribution is 7.09. The Bertz CT molecular complexity index is 613. The van der Waals surface area contributed by atoms with Crippen molar-refractivity contribution in [3.8, 4) is 11.4 Å². The fourth-order valence-corrected chi connectivity index (χ4v) is 3.34. The van der Waals surface area contributed by atoms with Crippen LogP contribution in [0.15, 0.2) is 30.3 Å². The Morgan fingerprint density at radius 3 is 2.95 bits per heavy atom. The van der Waals surface area contributed by atoms with Gasteiger partial charge in [-0.15, -0.1) is 0 Å². The maximum absolute atomic E-state index is 11.8. The van der Waals surface area contributed by atoms with Crippen LogP contribution in [0.25, 0.3) is 11.4 Å². The van der Waals surface area contributed by atoms with Crippen molar-refractivity contribution in [2.24, 2.45) is 5.92 Å². The van der Waals surface area contributed by atoms with Crippen LogP contribution in [0.1, 0.15) is 12.8 Å². The number of anilines is 1. The van der Waals surface area contributed by atoms with Gasteiger partial charge in [0.15, 0.2) is 5.82 Å². The molecule has 110 valence electrons. The Kier molecular flexibility index (Phi) is 4.15. The first-order chi connectivity index (χ1) is 10.3. The smallest absolute Gasteiger partial charge is 0.224 e. The van der Waals surface area contributed by atoms with Crippen LogP contribution < -0.4 is 10.2 Å². The third kappa shape index (κ3) is 3.05. The minimum Gasteiger partial charge on any atom is -0.359 e. The average molecular weight is 302 g/mol. The molecule has 1 aromatic heterocycles. The van der Waals surface area contributed by atoms with Crippen LogP contribution in [0.3, 0.4) is 0 Å². The van der Waals surface area contributed by atoms with Gasteiger partial charge in [0.05, 0.1) is 5.92 Å². The number of aromatic nitrogens is 2. The number of amides is 1. The van der Waals surface area contributed by atoms with Crippen molar-refractivity contribution in [1.29, 1.82) is 0 Å². The molecule has 1 unspecified atom stereocenters. The van der Waals surface area contributed by atoms with E-state index in [1.807, 2.05) is 30.3 Å². The molecule has 1 N–H and O–H groups in total. The second-order valence-corrected chi connectivity index (χ2v) is 5.90. The Balaban J connectivity index is 1.75.